The molecule has 0 N–H and O–H groups in total. The largest absolute Gasteiger partial charge is 0.278 e. The van der Waals surface area contributed by atoms with Crippen LogP contribution in [0, 0.1) is 12.3 Å². The highest BCUT2D eigenvalue weighted by Gasteiger charge is 2.25. The maximum Gasteiger partial charge on any atom is 0.260 e. The van der Waals surface area contributed by atoms with E-state index in [1.807, 2.05) is 45.7 Å². The lowest BCUT2D eigenvalue weighted by atomic mass is 10.1. The number of imidazole rings is 1. The molecule has 1 aliphatic rings. The summed E-state index contributed by atoms with van der Waals surface area (Å²) in [7, 11) is 0. The van der Waals surface area contributed by atoms with E-state index in [0.29, 0.717) is 36.7 Å². The molecule has 5 rings (SSSR count). The summed E-state index contributed by atoms with van der Waals surface area (Å²) in [4.78, 5) is 22.2. The highest BCUT2D eigenvalue weighted by molar-refractivity contribution is 6.05. The molecule has 30 heavy (non-hydrogen) atoms. The molecule has 3 aromatic heterocycles. The monoisotopic (exact) mass is 396 g/mol. The summed E-state index contributed by atoms with van der Waals surface area (Å²) in [6, 6.07) is 7.86. The van der Waals surface area contributed by atoms with Crippen molar-refractivity contribution in [3.63, 3.8) is 0 Å². The Hall–Kier alpha value is -3.92. The first-order valence-corrected chi connectivity index (χ1v) is 9.92. The van der Waals surface area contributed by atoms with Crippen molar-refractivity contribution in [3.05, 3.63) is 81.7 Å². The molecule has 4 aromatic rings. The van der Waals surface area contributed by atoms with Crippen molar-refractivity contribution in [3.8, 4) is 12.3 Å². The second-order valence-electron chi connectivity index (χ2n) is 7.36. The van der Waals surface area contributed by atoms with Gasteiger partial charge >= 0.3 is 0 Å². The number of aliphatic imine (C=N–C) groups is 1. The molecule has 7 heteroatoms. The van der Waals surface area contributed by atoms with Crippen LogP contribution in [0.3, 0.4) is 0 Å². The minimum absolute atomic E-state index is 0.0113. The SMILES string of the molecule is C#Cc1cccc(Cn2cc(C3=Nc4c(c(=O)n(CCC)c5nccn45)C3)cn2)c1. The van der Waals surface area contributed by atoms with Crippen molar-refractivity contribution in [1.82, 2.24) is 23.7 Å². The van der Waals surface area contributed by atoms with Crippen molar-refractivity contribution < 1.29 is 0 Å². The maximum absolute atomic E-state index is 13.0. The van der Waals surface area contributed by atoms with E-state index in [2.05, 4.69) is 22.9 Å². The first-order chi connectivity index (χ1) is 14.7. The van der Waals surface area contributed by atoms with Crippen LogP contribution in [0.25, 0.3) is 5.78 Å². The van der Waals surface area contributed by atoms with Crippen LogP contribution >= 0.6 is 0 Å². The van der Waals surface area contributed by atoms with E-state index >= 15 is 0 Å². The molecule has 0 spiro atoms. The third-order valence-corrected chi connectivity index (χ3v) is 5.30. The van der Waals surface area contributed by atoms with Gasteiger partial charge in [-0.2, -0.15) is 5.10 Å². The van der Waals surface area contributed by atoms with Crippen LogP contribution < -0.4 is 5.56 Å². The van der Waals surface area contributed by atoms with Crippen LogP contribution in [0.4, 0.5) is 5.82 Å². The predicted octanol–water partition coefficient (Wildman–Crippen LogP) is 2.81. The number of benzene rings is 1. The van der Waals surface area contributed by atoms with E-state index < -0.39 is 0 Å². The second-order valence-corrected chi connectivity index (χ2v) is 7.36. The molecule has 0 saturated heterocycles. The molecular formula is C23H20N6O. The van der Waals surface area contributed by atoms with Crippen LogP contribution in [0.5, 0.6) is 0 Å². The summed E-state index contributed by atoms with van der Waals surface area (Å²) in [5.74, 6) is 3.96. The van der Waals surface area contributed by atoms with Crippen LogP contribution in [-0.2, 0) is 19.5 Å². The predicted molar refractivity (Wildman–Crippen MR) is 115 cm³/mol. The summed E-state index contributed by atoms with van der Waals surface area (Å²) in [6.07, 6.45) is 14.2. The number of hydrogen-bond acceptors (Lipinski definition) is 4. The Morgan fingerprint density at radius 1 is 1.30 bits per heavy atom. The normalized spacial score (nSPS) is 12.7. The average molecular weight is 396 g/mol. The summed E-state index contributed by atoms with van der Waals surface area (Å²) >= 11 is 0. The Morgan fingerprint density at radius 2 is 2.20 bits per heavy atom. The fourth-order valence-corrected chi connectivity index (χ4v) is 3.90. The van der Waals surface area contributed by atoms with E-state index in [1.54, 1.807) is 17.0 Å². The number of aryl methyl sites for hydroxylation is 1. The zero-order valence-corrected chi connectivity index (χ0v) is 16.6. The molecule has 1 aliphatic heterocycles. The van der Waals surface area contributed by atoms with Crippen LogP contribution in [0.15, 0.2) is 58.8 Å². The third kappa shape index (κ3) is 2.94. The average Bonchev–Trinajstić information content (AvgIpc) is 3.49. The van der Waals surface area contributed by atoms with Gasteiger partial charge in [0.25, 0.3) is 5.56 Å². The summed E-state index contributed by atoms with van der Waals surface area (Å²) in [5, 5.41) is 4.48. The van der Waals surface area contributed by atoms with E-state index in [1.165, 1.54) is 0 Å². The number of nitrogens with zero attached hydrogens (tertiary/aromatic N) is 6. The first-order valence-electron chi connectivity index (χ1n) is 9.92. The Bertz CT molecular complexity index is 1400. The smallest absolute Gasteiger partial charge is 0.260 e. The van der Waals surface area contributed by atoms with Crippen LogP contribution in [0.2, 0.25) is 0 Å². The standard InChI is InChI=1S/C23H20N6O/c1-3-9-29-22(30)19-12-20(26-21(19)28-10-8-24-23(28)29)18-13-25-27(15-18)14-17-7-5-6-16(4-2)11-17/h2,5-8,10-11,13,15H,3,9,12,14H2,1H3. The van der Waals surface area contributed by atoms with Crippen molar-refractivity contribution in [1.29, 1.82) is 0 Å². The molecule has 7 nitrogen and oxygen atoms in total. The molecule has 0 fully saturated rings. The number of fused-ring (bicyclic) bond motifs is 3. The summed E-state index contributed by atoms with van der Waals surface area (Å²) < 4.78 is 5.49. The second kappa shape index (κ2) is 7.16. The Kier molecular flexibility index (Phi) is 4.32. The minimum Gasteiger partial charge on any atom is -0.278 e. The maximum atomic E-state index is 13.0. The summed E-state index contributed by atoms with van der Waals surface area (Å²) in [5.41, 5.74) is 4.38. The van der Waals surface area contributed by atoms with Gasteiger partial charge in [0.2, 0.25) is 5.78 Å². The van der Waals surface area contributed by atoms with Gasteiger partial charge < -0.3 is 0 Å². The van der Waals surface area contributed by atoms with E-state index in [4.69, 9.17) is 11.4 Å². The highest BCUT2D eigenvalue weighted by Crippen LogP contribution is 2.27. The Labute approximate surface area is 173 Å². The molecule has 0 bridgehead atoms. The van der Waals surface area contributed by atoms with Gasteiger partial charge in [-0.15, -0.1) is 6.42 Å². The molecule has 148 valence electrons. The van der Waals surface area contributed by atoms with Gasteiger partial charge in [0.05, 0.1) is 24.0 Å². The minimum atomic E-state index is -0.0113. The van der Waals surface area contributed by atoms with Crippen molar-refractivity contribution in [2.24, 2.45) is 4.99 Å². The molecular weight excluding hydrogens is 376 g/mol. The zero-order chi connectivity index (χ0) is 20.7. The molecule has 0 saturated carbocycles. The third-order valence-electron chi connectivity index (χ3n) is 5.30. The summed E-state index contributed by atoms with van der Waals surface area (Å²) in [6.45, 7) is 3.30. The van der Waals surface area contributed by atoms with Crippen LogP contribution in [0.1, 0.15) is 35.6 Å². The number of rotatable bonds is 5. The van der Waals surface area contributed by atoms with Gasteiger partial charge in [-0.05, 0) is 24.1 Å². The molecule has 0 unspecified atom stereocenters. The number of aromatic nitrogens is 5. The van der Waals surface area contributed by atoms with Crippen molar-refractivity contribution in [2.45, 2.75) is 32.9 Å². The zero-order valence-electron chi connectivity index (χ0n) is 16.6. The van der Waals surface area contributed by atoms with Gasteiger partial charge in [-0.3, -0.25) is 18.4 Å². The molecule has 0 atom stereocenters. The highest BCUT2D eigenvalue weighted by atomic mass is 16.1. The molecule has 1 aromatic carbocycles. The van der Waals surface area contributed by atoms with Gasteiger partial charge in [-0.1, -0.05) is 25.0 Å². The quantitative estimate of drug-likeness (QED) is 0.487. The molecule has 0 radical (unpaired) electrons. The lowest BCUT2D eigenvalue weighted by molar-refractivity contribution is 0.653. The molecule has 4 heterocycles. The molecule has 0 amide bonds. The van der Waals surface area contributed by atoms with Gasteiger partial charge in [0.1, 0.15) is 5.82 Å². The van der Waals surface area contributed by atoms with Gasteiger partial charge in [0.15, 0.2) is 0 Å². The van der Waals surface area contributed by atoms with Gasteiger partial charge in [0, 0.05) is 42.7 Å². The van der Waals surface area contributed by atoms with Crippen molar-refractivity contribution in [2.75, 3.05) is 0 Å². The van der Waals surface area contributed by atoms with Gasteiger partial charge in [-0.25, -0.2) is 9.98 Å². The fourth-order valence-electron chi connectivity index (χ4n) is 3.90. The Morgan fingerprint density at radius 3 is 3.03 bits per heavy atom. The van der Waals surface area contributed by atoms with Crippen LogP contribution in [-0.4, -0.2) is 29.4 Å². The van der Waals surface area contributed by atoms with E-state index in [0.717, 1.165) is 28.8 Å². The lowest BCUT2D eigenvalue weighted by Crippen LogP contribution is -2.26. The first kappa shape index (κ1) is 18.1. The van der Waals surface area contributed by atoms with E-state index in [9.17, 15) is 4.79 Å². The topological polar surface area (TPSA) is 69.5 Å². The fraction of sp³-hybridized carbons (Fsp3) is 0.217. The Balaban J connectivity index is 1.48. The van der Waals surface area contributed by atoms with Crippen molar-refractivity contribution >= 4 is 17.3 Å². The number of terminal acetylenes is 1. The van der Waals surface area contributed by atoms with E-state index in [-0.39, 0.29) is 5.56 Å². The lowest BCUT2D eigenvalue weighted by Gasteiger charge is -2.09. The molecule has 0 aliphatic carbocycles. The number of hydrogen-bond donors (Lipinski definition) is 0.